The van der Waals surface area contributed by atoms with Gasteiger partial charge in [0.05, 0.1) is 16.8 Å². The molecular formula is C24H20N4O2. The van der Waals surface area contributed by atoms with E-state index in [4.69, 9.17) is 0 Å². The number of hydrogen-bond donors (Lipinski definition) is 2. The van der Waals surface area contributed by atoms with Gasteiger partial charge in [-0.2, -0.15) is 0 Å². The molecule has 4 aromatic rings. The van der Waals surface area contributed by atoms with Crippen LogP contribution in [0, 0.1) is 6.92 Å². The van der Waals surface area contributed by atoms with Gasteiger partial charge in [0.1, 0.15) is 0 Å². The van der Waals surface area contributed by atoms with Crippen molar-refractivity contribution in [1.82, 2.24) is 15.3 Å². The van der Waals surface area contributed by atoms with Crippen LogP contribution in [0.1, 0.15) is 26.3 Å². The summed E-state index contributed by atoms with van der Waals surface area (Å²) in [4.78, 5) is 34.2. The van der Waals surface area contributed by atoms with Gasteiger partial charge < -0.3 is 10.6 Å². The normalized spacial score (nSPS) is 10.6. The molecule has 0 aliphatic rings. The number of nitrogens with zero attached hydrogens (tertiary/aromatic N) is 2. The fourth-order valence-electron chi connectivity index (χ4n) is 3.37. The van der Waals surface area contributed by atoms with Crippen LogP contribution in [0.2, 0.25) is 0 Å². The Morgan fingerprint density at radius 2 is 1.73 bits per heavy atom. The minimum absolute atomic E-state index is 0.197. The quantitative estimate of drug-likeness (QED) is 0.541. The Morgan fingerprint density at radius 3 is 2.50 bits per heavy atom. The first-order valence-corrected chi connectivity index (χ1v) is 9.51. The van der Waals surface area contributed by atoms with Crippen LogP contribution < -0.4 is 10.6 Å². The molecule has 0 radical (unpaired) electrons. The Kier molecular flexibility index (Phi) is 5.22. The van der Waals surface area contributed by atoms with E-state index in [2.05, 4.69) is 20.6 Å². The first-order chi connectivity index (χ1) is 14.6. The van der Waals surface area contributed by atoms with E-state index in [1.54, 1.807) is 43.7 Å². The number of carbonyl (C=O) groups excluding carboxylic acids is 2. The monoisotopic (exact) mass is 396 g/mol. The van der Waals surface area contributed by atoms with E-state index in [0.29, 0.717) is 28.1 Å². The lowest BCUT2D eigenvalue weighted by atomic mass is 10.0. The maximum absolute atomic E-state index is 13.3. The Bertz CT molecular complexity index is 1250. The average molecular weight is 396 g/mol. The van der Waals surface area contributed by atoms with E-state index < -0.39 is 0 Å². The number of aromatic nitrogens is 2. The van der Waals surface area contributed by atoms with E-state index in [0.717, 1.165) is 16.5 Å². The molecule has 0 saturated heterocycles. The summed E-state index contributed by atoms with van der Waals surface area (Å²) in [6, 6.07) is 18.3. The highest BCUT2D eigenvalue weighted by atomic mass is 16.2. The second kappa shape index (κ2) is 8.13. The molecule has 0 fully saturated rings. The molecule has 0 aliphatic carbocycles. The Morgan fingerprint density at radius 1 is 0.900 bits per heavy atom. The number of carbonyl (C=O) groups is 2. The number of pyridine rings is 2. The summed E-state index contributed by atoms with van der Waals surface area (Å²) in [6.45, 7) is 1.81. The minimum Gasteiger partial charge on any atom is -0.355 e. The van der Waals surface area contributed by atoms with E-state index in [1.165, 1.54) is 0 Å². The standard InChI is InChI=1S/C24H20N4O2/c1-15-17(23(29)25-2)9-5-11-20(15)28-24(30)19-13-22(16-7-6-12-26-14-16)27-21-10-4-3-8-18(19)21/h3-14H,1-2H3,(H,25,29)(H,28,30). The zero-order chi connectivity index (χ0) is 21.1. The molecule has 0 unspecified atom stereocenters. The van der Waals surface area contributed by atoms with Gasteiger partial charge in [-0.3, -0.25) is 14.6 Å². The van der Waals surface area contributed by atoms with Crippen LogP contribution in [0.15, 0.2) is 73.1 Å². The molecule has 6 nitrogen and oxygen atoms in total. The maximum atomic E-state index is 13.3. The topological polar surface area (TPSA) is 84.0 Å². The summed E-state index contributed by atoms with van der Waals surface area (Å²) in [5.41, 5.74) is 4.54. The van der Waals surface area contributed by atoms with Crippen molar-refractivity contribution in [2.75, 3.05) is 12.4 Å². The number of anilines is 1. The van der Waals surface area contributed by atoms with Gasteiger partial charge >= 0.3 is 0 Å². The smallest absolute Gasteiger partial charge is 0.256 e. The molecule has 2 aromatic heterocycles. The van der Waals surface area contributed by atoms with E-state index in [9.17, 15) is 9.59 Å². The second-order valence-corrected chi connectivity index (χ2v) is 6.83. The van der Waals surface area contributed by atoms with Gasteiger partial charge in [0.2, 0.25) is 0 Å². The molecule has 0 saturated carbocycles. The van der Waals surface area contributed by atoms with Crippen LogP contribution in [-0.4, -0.2) is 28.8 Å². The third kappa shape index (κ3) is 3.63. The summed E-state index contributed by atoms with van der Waals surface area (Å²) < 4.78 is 0. The molecule has 2 N–H and O–H groups in total. The van der Waals surface area contributed by atoms with Crippen molar-refractivity contribution in [3.63, 3.8) is 0 Å². The Labute approximate surface area is 174 Å². The molecule has 2 heterocycles. The van der Waals surface area contributed by atoms with Gasteiger partial charge in [0.15, 0.2) is 0 Å². The lowest BCUT2D eigenvalue weighted by molar-refractivity contribution is 0.0960. The van der Waals surface area contributed by atoms with Crippen molar-refractivity contribution in [3.8, 4) is 11.3 Å². The van der Waals surface area contributed by atoms with Crippen molar-refractivity contribution in [1.29, 1.82) is 0 Å². The highest BCUT2D eigenvalue weighted by Crippen LogP contribution is 2.26. The van der Waals surface area contributed by atoms with Crippen LogP contribution in [-0.2, 0) is 0 Å². The molecule has 6 heteroatoms. The number of amides is 2. The first-order valence-electron chi connectivity index (χ1n) is 9.51. The number of benzene rings is 2. The van der Waals surface area contributed by atoms with Gasteiger partial charge in [-0.15, -0.1) is 0 Å². The SMILES string of the molecule is CNC(=O)c1cccc(NC(=O)c2cc(-c3cccnc3)nc3ccccc23)c1C. The predicted octanol–water partition coefficient (Wildman–Crippen LogP) is 4.22. The highest BCUT2D eigenvalue weighted by Gasteiger charge is 2.17. The van der Waals surface area contributed by atoms with Crippen LogP contribution in [0.3, 0.4) is 0 Å². The van der Waals surface area contributed by atoms with Crippen molar-refractivity contribution in [3.05, 3.63) is 89.7 Å². The van der Waals surface area contributed by atoms with E-state index in [1.807, 2.05) is 43.3 Å². The van der Waals surface area contributed by atoms with Crippen molar-refractivity contribution >= 4 is 28.4 Å². The fraction of sp³-hybridized carbons (Fsp3) is 0.0833. The Balaban J connectivity index is 1.78. The molecule has 0 aliphatic heterocycles. The summed E-state index contributed by atoms with van der Waals surface area (Å²) >= 11 is 0. The van der Waals surface area contributed by atoms with Crippen molar-refractivity contribution in [2.24, 2.45) is 0 Å². The molecule has 4 rings (SSSR count). The molecule has 0 spiro atoms. The number of nitrogens with one attached hydrogen (secondary N) is 2. The van der Waals surface area contributed by atoms with Gasteiger partial charge in [-0.1, -0.05) is 24.3 Å². The molecule has 2 amide bonds. The van der Waals surface area contributed by atoms with Crippen LogP contribution in [0.25, 0.3) is 22.2 Å². The number of rotatable bonds is 4. The summed E-state index contributed by atoms with van der Waals surface area (Å²) in [7, 11) is 1.58. The molecule has 2 aromatic carbocycles. The third-order valence-corrected chi connectivity index (χ3v) is 4.97. The minimum atomic E-state index is -0.268. The van der Waals surface area contributed by atoms with Crippen molar-refractivity contribution in [2.45, 2.75) is 6.92 Å². The van der Waals surface area contributed by atoms with Crippen molar-refractivity contribution < 1.29 is 9.59 Å². The highest BCUT2D eigenvalue weighted by molar-refractivity contribution is 6.13. The third-order valence-electron chi connectivity index (χ3n) is 4.97. The molecular weight excluding hydrogens is 376 g/mol. The zero-order valence-electron chi connectivity index (χ0n) is 16.6. The first kappa shape index (κ1) is 19.3. The van der Waals surface area contributed by atoms with Crippen LogP contribution >= 0.6 is 0 Å². The van der Waals surface area contributed by atoms with Gasteiger partial charge in [0, 0.05) is 41.6 Å². The predicted molar refractivity (Wildman–Crippen MR) is 117 cm³/mol. The van der Waals surface area contributed by atoms with Crippen LogP contribution in [0.4, 0.5) is 5.69 Å². The van der Waals surface area contributed by atoms with E-state index in [-0.39, 0.29) is 11.8 Å². The van der Waals surface area contributed by atoms with E-state index >= 15 is 0 Å². The van der Waals surface area contributed by atoms with Crippen LogP contribution in [0.5, 0.6) is 0 Å². The van der Waals surface area contributed by atoms with Gasteiger partial charge in [-0.05, 0) is 48.9 Å². The average Bonchev–Trinajstić information content (AvgIpc) is 2.79. The Hall–Kier alpha value is -4.06. The largest absolute Gasteiger partial charge is 0.355 e. The molecule has 0 bridgehead atoms. The maximum Gasteiger partial charge on any atom is 0.256 e. The lowest BCUT2D eigenvalue weighted by Gasteiger charge is -2.14. The number of fused-ring (bicyclic) bond motifs is 1. The molecule has 30 heavy (non-hydrogen) atoms. The molecule has 148 valence electrons. The van der Waals surface area contributed by atoms with Gasteiger partial charge in [0.25, 0.3) is 11.8 Å². The molecule has 0 atom stereocenters. The summed E-state index contributed by atoms with van der Waals surface area (Å²) in [5.74, 6) is -0.465. The number of hydrogen-bond acceptors (Lipinski definition) is 4. The lowest BCUT2D eigenvalue weighted by Crippen LogP contribution is -2.20. The zero-order valence-corrected chi connectivity index (χ0v) is 16.6. The van der Waals surface area contributed by atoms with Gasteiger partial charge in [-0.25, -0.2) is 4.98 Å². The summed E-state index contributed by atoms with van der Waals surface area (Å²) in [6.07, 6.45) is 3.41. The second-order valence-electron chi connectivity index (χ2n) is 6.83. The fourth-order valence-corrected chi connectivity index (χ4v) is 3.37. The number of para-hydroxylation sites is 1. The summed E-state index contributed by atoms with van der Waals surface area (Å²) in [5, 5.41) is 6.33.